The smallest absolute Gasteiger partial charge is 0.251 e. The fourth-order valence-electron chi connectivity index (χ4n) is 2.86. The Hall–Kier alpha value is -2.66. The summed E-state index contributed by atoms with van der Waals surface area (Å²) in [5, 5.41) is 5.81. The van der Waals surface area contributed by atoms with Crippen molar-refractivity contribution in [3.05, 3.63) is 65.2 Å². The maximum absolute atomic E-state index is 12.2. The molecule has 2 rings (SSSR count). The van der Waals surface area contributed by atoms with Crippen molar-refractivity contribution in [1.29, 1.82) is 0 Å². The van der Waals surface area contributed by atoms with Gasteiger partial charge in [0.15, 0.2) is 0 Å². The average Bonchev–Trinajstić information content (AvgIpc) is 2.67. The van der Waals surface area contributed by atoms with Crippen LogP contribution in [0.5, 0.6) is 0 Å². The molecule has 0 radical (unpaired) electrons. The van der Waals surface area contributed by atoms with E-state index in [4.69, 9.17) is 0 Å². The van der Waals surface area contributed by atoms with Gasteiger partial charge in [0.1, 0.15) is 0 Å². The molecule has 0 aromatic heterocycles. The van der Waals surface area contributed by atoms with Crippen LogP contribution in [0.4, 0.5) is 5.69 Å². The molecule has 2 N–H and O–H groups in total. The van der Waals surface area contributed by atoms with Gasteiger partial charge in [0.2, 0.25) is 5.91 Å². The van der Waals surface area contributed by atoms with Gasteiger partial charge < -0.3 is 15.5 Å². The van der Waals surface area contributed by atoms with Gasteiger partial charge in [-0.05, 0) is 55.4 Å². The average molecular weight is 367 g/mol. The second-order valence-electron chi connectivity index (χ2n) is 6.51. The quantitative estimate of drug-likeness (QED) is 0.715. The summed E-state index contributed by atoms with van der Waals surface area (Å²) in [6.07, 6.45) is 0.334. The first-order chi connectivity index (χ1) is 13.0. The summed E-state index contributed by atoms with van der Waals surface area (Å²) >= 11 is 0. The number of carbonyl (C=O) groups is 2. The molecule has 0 heterocycles. The lowest BCUT2D eigenvalue weighted by molar-refractivity contribution is -0.115. The van der Waals surface area contributed by atoms with Gasteiger partial charge in [-0.15, -0.1) is 0 Å². The minimum absolute atomic E-state index is 0.0688. The zero-order valence-corrected chi connectivity index (χ0v) is 16.4. The molecule has 0 saturated heterocycles. The summed E-state index contributed by atoms with van der Waals surface area (Å²) in [6, 6.07) is 14.8. The molecule has 0 saturated carbocycles. The predicted molar refractivity (Wildman–Crippen MR) is 110 cm³/mol. The van der Waals surface area contributed by atoms with E-state index in [2.05, 4.69) is 29.4 Å². The number of likely N-dealkylation sites (N-methyl/N-ethyl adjacent to an activating group) is 1. The molecule has 2 amide bonds. The Morgan fingerprint density at radius 3 is 2.26 bits per heavy atom. The molecule has 0 aliphatic rings. The number of hydrogen-bond donors (Lipinski definition) is 2. The number of carbonyl (C=O) groups excluding carboxylic acids is 2. The molecular formula is C22H29N3O2. The summed E-state index contributed by atoms with van der Waals surface area (Å²) in [5.41, 5.74) is 3.39. The van der Waals surface area contributed by atoms with E-state index in [1.807, 2.05) is 31.2 Å². The van der Waals surface area contributed by atoms with Crippen molar-refractivity contribution in [2.45, 2.75) is 27.2 Å². The van der Waals surface area contributed by atoms with Crippen LogP contribution in [0.3, 0.4) is 0 Å². The minimum atomic E-state index is -0.0973. The first kappa shape index (κ1) is 20.6. The minimum Gasteiger partial charge on any atom is -0.351 e. The van der Waals surface area contributed by atoms with Crippen LogP contribution in [0, 0.1) is 6.92 Å². The molecule has 5 nitrogen and oxygen atoms in total. The topological polar surface area (TPSA) is 61.4 Å². The van der Waals surface area contributed by atoms with Crippen molar-refractivity contribution < 1.29 is 9.59 Å². The number of aryl methyl sites for hydroxylation is 1. The summed E-state index contributed by atoms with van der Waals surface area (Å²) < 4.78 is 0. The Morgan fingerprint density at radius 2 is 1.63 bits per heavy atom. The maximum Gasteiger partial charge on any atom is 0.251 e. The Bertz CT molecular complexity index is 752. The first-order valence-electron chi connectivity index (χ1n) is 9.48. The molecule has 27 heavy (non-hydrogen) atoms. The second kappa shape index (κ2) is 10.5. The van der Waals surface area contributed by atoms with E-state index in [9.17, 15) is 9.59 Å². The van der Waals surface area contributed by atoms with E-state index < -0.39 is 0 Å². The molecule has 0 atom stereocenters. The normalized spacial score (nSPS) is 10.7. The van der Waals surface area contributed by atoms with Gasteiger partial charge in [-0.25, -0.2) is 0 Å². The van der Waals surface area contributed by atoms with E-state index in [0.29, 0.717) is 24.2 Å². The van der Waals surface area contributed by atoms with E-state index in [1.165, 1.54) is 0 Å². The Balaban J connectivity index is 1.84. The Labute approximate surface area is 161 Å². The van der Waals surface area contributed by atoms with Crippen molar-refractivity contribution in [3.63, 3.8) is 0 Å². The molecule has 5 heteroatoms. The van der Waals surface area contributed by atoms with E-state index >= 15 is 0 Å². The van der Waals surface area contributed by atoms with Gasteiger partial charge in [0.05, 0.1) is 6.42 Å². The highest BCUT2D eigenvalue weighted by atomic mass is 16.2. The van der Waals surface area contributed by atoms with Crippen LogP contribution >= 0.6 is 0 Å². The van der Waals surface area contributed by atoms with Crippen LogP contribution < -0.4 is 10.6 Å². The fourth-order valence-corrected chi connectivity index (χ4v) is 2.86. The Morgan fingerprint density at radius 1 is 0.963 bits per heavy atom. The highest BCUT2D eigenvalue weighted by Crippen LogP contribution is 2.12. The van der Waals surface area contributed by atoms with Gasteiger partial charge >= 0.3 is 0 Å². The van der Waals surface area contributed by atoms with Gasteiger partial charge in [-0.3, -0.25) is 9.59 Å². The number of hydrogen-bond acceptors (Lipinski definition) is 3. The number of nitrogens with one attached hydrogen (secondary N) is 2. The summed E-state index contributed by atoms with van der Waals surface area (Å²) in [6.45, 7) is 9.62. The summed E-state index contributed by atoms with van der Waals surface area (Å²) in [5.74, 6) is -0.166. The molecule has 0 fully saturated rings. The van der Waals surface area contributed by atoms with Gasteiger partial charge in [0.25, 0.3) is 5.91 Å². The standard InChI is InChI=1S/C22H29N3O2/c1-4-25(5-2)15-14-23-22(27)18-10-12-20(13-11-18)24-21(26)16-19-9-7-6-8-17(19)3/h6-13H,4-5,14-16H2,1-3H3,(H,23,27)(H,24,26). The Kier molecular flexibility index (Phi) is 8.01. The zero-order chi connectivity index (χ0) is 19.6. The third-order valence-corrected chi connectivity index (χ3v) is 4.65. The lowest BCUT2D eigenvalue weighted by atomic mass is 10.1. The van der Waals surface area contributed by atoms with Crippen molar-refractivity contribution in [1.82, 2.24) is 10.2 Å². The third kappa shape index (κ3) is 6.53. The number of nitrogens with zero attached hydrogens (tertiary/aromatic N) is 1. The monoisotopic (exact) mass is 367 g/mol. The van der Waals surface area contributed by atoms with Crippen molar-refractivity contribution in [2.24, 2.45) is 0 Å². The summed E-state index contributed by atoms with van der Waals surface area (Å²) in [4.78, 5) is 26.7. The molecule has 2 aromatic carbocycles. The highest BCUT2D eigenvalue weighted by molar-refractivity contribution is 5.96. The van der Waals surface area contributed by atoms with Crippen LogP contribution in [-0.2, 0) is 11.2 Å². The number of rotatable bonds is 9. The highest BCUT2D eigenvalue weighted by Gasteiger charge is 2.08. The van der Waals surface area contributed by atoms with Gasteiger partial charge in [-0.1, -0.05) is 38.1 Å². The zero-order valence-electron chi connectivity index (χ0n) is 16.4. The van der Waals surface area contributed by atoms with Gasteiger partial charge in [-0.2, -0.15) is 0 Å². The largest absolute Gasteiger partial charge is 0.351 e. The molecular weight excluding hydrogens is 338 g/mol. The van der Waals surface area contributed by atoms with Gasteiger partial charge in [0, 0.05) is 24.3 Å². The number of anilines is 1. The molecule has 0 unspecified atom stereocenters. The van der Waals surface area contributed by atoms with Crippen LogP contribution in [0.1, 0.15) is 35.3 Å². The molecule has 0 aliphatic heterocycles. The van der Waals surface area contributed by atoms with Crippen LogP contribution in [0.2, 0.25) is 0 Å². The van der Waals surface area contributed by atoms with E-state index in [-0.39, 0.29) is 11.8 Å². The van der Waals surface area contributed by atoms with Crippen LogP contribution in [0.25, 0.3) is 0 Å². The van der Waals surface area contributed by atoms with Crippen LogP contribution in [-0.4, -0.2) is 42.9 Å². The number of benzene rings is 2. The van der Waals surface area contributed by atoms with Crippen molar-refractivity contribution >= 4 is 17.5 Å². The fraction of sp³-hybridized carbons (Fsp3) is 0.364. The summed E-state index contributed by atoms with van der Waals surface area (Å²) in [7, 11) is 0. The lowest BCUT2D eigenvalue weighted by Crippen LogP contribution is -2.34. The van der Waals surface area contributed by atoms with Crippen LogP contribution in [0.15, 0.2) is 48.5 Å². The predicted octanol–water partition coefficient (Wildman–Crippen LogP) is 3.25. The van der Waals surface area contributed by atoms with E-state index in [0.717, 1.165) is 30.8 Å². The second-order valence-corrected chi connectivity index (χ2v) is 6.51. The van der Waals surface area contributed by atoms with E-state index in [1.54, 1.807) is 24.3 Å². The molecule has 0 aliphatic carbocycles. The lowest BCUT2D eigenvalue weighted by Gasteiger charge is -2.18. The molecule has 2 aromatic rings. The molecule has 144 valence electrons. The molecule has 0 bridgehead atoms. The number of amides is 2. The van der Waals surface area contributed by atoms with Crippen molar-refractivity contribution in [3.8, 4) is 0 Å². The maximum atomic E-state index is 12.2. The first-order valence-corrected chi connectivity index (χ1v) is 9.48. The SMILES string of the molecule is CCN(CC)CCNC(=O)c1ccc(NC(=O)Cc2ccccc2C)cc1. The van der Waals surface area contributed by atoms with Crippen molar-refractivity contribution in [2.75, 3.05) is 31.5 Å². The molecule has 0 spiro atoms. The third-order valence-electron chi connectivity index (χ3n) is 4.65.